The van der Waals surface area contributed by atoms with E-state index in [-0.39, 0.29) is 0 Å². The van der Waals surface area contributed by atoms with Crippen molar-refractivity contribution in [2.45, 2.75) is 0 Å². The zero-order chi connectivity index (χ0) is 9.10. The second-order valence-electron chi connectivity index (χ2n) is 2.93. The Kier molecular flexibility index (Phi) is 3.00. The summed E-state index contributed by atoms with van der Waals surface area (Å²) in [6.07, 6.45) is 1.89. The van der Waals surface area contributed by atoms with Crippen molar-refractivity contribution < 1.29 is 4.74 Å². The Morgan fingerprint density at radius 1 is 1.31 bits per heavy atom. The van der Waals surface area contributed by atoms with Crippen LogP contribution in [-0.2, 0) is 4.74 Å². The van der Waals surface area contributed by atoms with Crippen LogP contribution in [0.2, 0.25) is 0 Å². The molecule has 3 nitrogen and oxygen atoms in total. The normalized spacial score (nSPS) is 17.5. The molecule has 0 spiro atoms. The summed E-state index contributed by atoms with van der Waals surface area (Å²) in [6, 6.07) is 4.14. The molecule has 1 aliphatic heterocycles. The van der Waals surface area contributed by atoms with Gasteiger partial charge in [0.25, 0.3) is 0 Å². The second kappa shape index (κ2) is 4.23. The fourth-order valence-corrected chi connectivity index (χ4v) is 1.67. The topological polar surface area (TPSA) is 25.4 Å². The predicted molar refractivity (Wildman–Crippen MR) is 60.0 cm³/mol. The molecule has 2 rings (SSSR count). The number of rotatable bonds is 1. The Morgan fingerprint density at radius 3 is 2.69 bits per heavy atom. The van der Waals surface area contributed by atoms with Crippen molar-refractivity contribution in [2.24, 2.45) is 0 Å². The molecule has 0 atom stereocenters. The van der Waals surface area contributed by atoms with Crippen molar-refractivity contribution in [3.8, 4) is 0 Å². The van der Waals surface area contributed by atoms with Crippen molar-refractivity contribution >= 4 is 28.4 Å². The van der Waals surface area contributed by atoms with Gasteiger partial charge in [-0.3, -0.25) is 0 Å². The van der Waals surface area contributed by atoms with Gasteiger partial charge in [0.1, 0.15) is 5.82 Å². The molecule has 13 heavy (non-hydrogen) atoms. The van der Waals surface area contributed by atoms with Crippen LogP contribution in [0.3, 0.4) is 0 Å². The van der Waals surface area contributed by atoms with Gasteiger partial charge >= 0.3 is 0 Å². The van der Waals surface area contributed by atoms with E-state index < -0.39 is 0 Å². The lowest BCUT2D eigenvalue weighted by Crippen LogP contribution is -2.36. The van der Waals surface area contributed by atoms with E-state index in [2.05, 4.69) is 44.6 Å². The molecule has 1 fully saturated rings. The van der Waals surface area contributed by atoms with Crippen LogP contribution >= 0.6 is 22.6 Å². The number of hydrogen-bond donors (Lipinski definition) is 0. The molecule has 1 aromatic heterocycles. The minimum Gasteiger partial charge on any atom is -0.378 e. The van der Waals surface area contributed by atoms with Gasteiger partial charge in [0.15, 0.2) is 0 Å². The van der Waals surface area contributed by atoms with E-state index in [1.54, 1.807) is 0 Å². The minimum atomic E-state index is 0.813. The van der Waals surface area contributed by atoms with Crippen LogP contribution in [0, 0.1) is 3.57 Å². The molecule has 0 unspecified atom stereocenters. The number of nitrogens with zero attached hydrogens (tertiary/aromatic N) is 2. The van der Waals surface area contributed by atoms with Gasteiger partial charge in [-0.25, -0.2) is 4.98 Å². The highest BCUT2D eigenvalue weighted by Gasteiger charge is 2.11. The molecule has 0 saturated carbocycles. The van der Waals surface area contributed by atoms with Crippen LogP contribution in [0.25, 0.3) is 0 Å². The molecule has 0 radical (unpaired) electrons. The third kappa shape index (κ3) is 2.31. The highest BCUT2D eigenvalue weighted by Crippen LogP contribution is 2.13. The molecule has 1 aromatic rings. The molecular formula is C9H11IN2O. The fourth-order valence-electron chi connectivity index (χ4n) is 1.35. The highest BCUT2D eigenvalue weighted by molar-refractivity contribution is 14.1. The van der Waals surface area contributed by atoms with Crippen molar-refractivity contribution in [1.29, 1.82) is 0 Å². The number of anilines is 1. The number of morpholine rings is 1. The lowest BCUT2D eigenvalue weighted by molar-refractivity contribution is 0.122. The molecule has 2 heterocycles. The standard InChI is InChI=1S/C9H11IN2O/c10-8-1-2-9(11-7-8)12-3-5-13-6-4-12/h1-2,7H,3-6H2. The van der Waals surface area contributed by atoms with Gasteiger partial charge < -0.3 is 9.64 Å². The second-order valence-corrected chi connectivity index (χ2v) is 4.18. The van der Waals surface area contributed by atoms with Gasteiger partial charge in [-0.1, -0.05) is 0 Å². The first-order chi connectivity index (χ1) is 6.36. The van der Waals surface area contributed by atoms with E-state index >= 15 is 0 Å². The van der Waals surface area contributed by atoms with Crippen LogP contribution < -0.4 is 4.90 Å². The van der Waals surface area contributed by atoms with E-state index in [0.717, 1.165) is 32.1 Å². The quantitative estimate of drug-likeness (QED) is 0.733. The summed E-state index contributed by atoms with van der Waals surface area (Å²) in [7, 11) is 0. The third-order valence-corrected chi connectivity index (χ3v) is 2.68. The summed E-state index contributed by atoms with van der Waals surface area (Å²) >= 11 is 2.26. The molecule has 1 aliphatic rings. The summed E-state index contributed by atoms with van der Waals surface area (Å²) in [6.45, 7) is 3.53. The first-order valence-electron chi connectivity index (χ1n) is 4.30. The van der Waals surface area contributed by atoms with Gasteiger partial charge in [0.2, 0.25) is 0 Å². The number of pyridine rings is 1. The van der Waals surface area contributed by atoms with E-state index in [0.29, 0.717) is 0 Å². The average molecular weight is 290 g/mol. The van der Waals surface area contributed by atoms with Gasteiger partial charge in [-0.15, -0.1) is 0 Å². The lowest BCUT2D eigenvalue weighted by atomic mass is 10.4. The summed E-state index contributed by atoms with van der Waals surface area (Å²) in [5, 5.41) is 0. The molecule has 4 heteroatoms. The minimum absolute atomic E-state index is 0.813. The van der Waals surface area contributed by atoms with Crippen LogP contribution in [0.15, 0.2) is 18.3 Å². The Hall–Kier alpha value is -0.360. The highest BCUT2D eigenvalue weighted by atomic mass is 127. The number of aromatic nitrogens is 1. The lowest BCUT2D eigenvalue weighted by Gasteiger charge is -2.27. The molecule has 0 aromatic carbocycles. The largest absolute Gasteiger partial charge is 0.378 e. The van der Waals surface area contributed by atoms with Crippen molar-refractivity contribution in [3.05, 3.63) is 21.9 Å². The number of ether oxygens (including phenoxy) is 1. The smallest absolute Gasteiger partial charge is 0.128 e. The van der Waals surface area contributed by atoms with E-state index in [9.17, 15) is 0 Å². The zero-order valence-electron chi connectivity index (χ0n) is 7.24. The van der Waals surface area contributed by atoms with E-state index in [4.69, 9.17) is 4.74 Å². The Balaban J connectivity index is 2.10. The van der Waals surface area contributed by atoms with E-state index in [1.807, 2.05) is 6.20 Å². The Bertz CT molecular complexity index is 269. The maximum atomic E-state index is 5.27. The van der Waals surface area contributed by atoms with Crippen LogP contribution in [0.1, 0.15) is 0 Å². The van der Waals surface area contributed by atoms with Gasteiger partial charge in [-0.05, 0) is 34.7 Å². The van der Waals surface area contributed by atoms with Crippen molar-refractivity contribution in [2.75, 3.05) is 31.2 Å². The Labute approximate surface area is 91.2 Å². The third-order valence-electron chi connectivity index (χ3n) is 2.05. The number of halogens is 1. The SMILES string of the molecule is Ic1ccc(N2CCOCC2)nc1. The molecule has 0 N–H and O–H groups in total. The average Bonchev–Trinajstić information content (AvgIpc) is 2.20. The maximum absolute atomic E-state index is 5.27. The fraction of sp³-hybridized carbons (Fsp3) is 0.444. The van der Waals surface area contributed by atoms with Crippen molar-refractivity contribution in [3.63, 3.8) is 0 Å². The summed E-state index contributed by atoms with van der Waals surface area (Å²) < 4.78 is 6.45. The monoisotopic (exact) mass is 290 g/mol. The zero-order valence-corrected chi connectivity index (χ0v) is 9.40. The number of hydrogen-bond acceptors (Lipinski definition) is 3. The van der Waals surface area contributed by atoms with Gasteiger partial charge in [-0.2, -0.15) is 0 Å². The van der Waals surface area contributed by atoms with Crippen LogP contribution in [0.4, 0.5) is 5.82 Å². The van der Waals surface area contributed by atoms with Crippen molar-refractivity contribution in [1.82, 2.24) is 4.98 Å². The molecular weight excluding hydrogens is 279 g/mol. The van der Waals surface area contributed by atoms with Crippen LogP contribution in [0.5, 0.6) is 0 Å². The molecule has 1 saturated heterocycles. The Morgan fingerprint density at radius 2 is 2.08 bits per heavy atom. The summed E-state index contributed by atoms with van der Waals surface area (Å²) in [5.41, 5.74) is 0. The first-order valence-corrected chi connectivity index (χ1v) is 5.38. The molecule has 70 valence electrons. The summed E-state index contributed by atoms with van der Waals surface area (Å²) in [4.78, 5) is 6.61. The van der Waals surface area contributed by atoms with E-state index in [1.165, 1.54) is 3.57 Å². The molecule has 0 amide bonds. The summed E-state index contributed by atoms with van der Waals surface area (Å²) in [5.74, 6) is 1.06. The molecule has 0 aliphatic carbocycles. The first kappa shape index (κ1) is 9.21. The van der Waals surface area contributed by atoms with Gasteiger partial charge in [0, 0.05) is 22.9 Å². The molecule has 0 bridgehead atoms. The maximum Gasteiger partial charge on any atom is 0.128 e. The van der Waals surface area contributed by atoms with Crippen LogP contribution in [-0.4, -0.2) is 31.3 Å². The predicted octanol–water partition coefficient (Wildman–Crippen LogP) is 1.52. The van der Waals surface area contributed by atoms with Gasteiger partial charge in [0.05, 0.1) is 13.2 Å².